The largest absolute Gasteiger partial charge is 0.241 e. The first kappa shape index (κ1) is 17.1. The Morgan fingerprint density at radius 3 is 2.33 bits per heavy atom. The molecule has 7 heteroatoms. The summed E-state index contributed by atoms with van der Waals surface area (Å²) in [6.45, 7) is 0.144. The van der Waals surface area contributed by atoms with Crippen LogP contribution in [-0.4, -0.2) is 34.9 Å². The van der Waals surface area contributed by atoms with Crippen LogP contribution >= 0.6 is 0 Å². The molecule has 3 rings (SSSR count). The van der Waals surface area contributed by atoms with Gasteiger partial charge in [-0.3, -0.25) is 0 Å². The van der Waals surface area contributed by atoms with Crippen molar-refractivity contribution in [2.75, 3.05) is 18.1 Å². The first-order valence-electron chi connectivity index (χ1n) is 7.72. The Morgan fingerprint density at radius 1 is 1.00 bits per heavy atom. The topological polar surface area (TPSA) is 80.3 Å². The average molecular weight is 365 g/mol. The van der Waals surface area contributed by atoms with E-state index in [0.717, 1.165) is 5.56 Å². The van der Waals surface area contributed by atoms with Gasteiger partial charge in [0.1, 0.15) is 0 Å². The summed E-state index contributed by atoms with van der Waals surface area (Å²) in [7, 11) is -6.72. The number of nitrogens with one attached hydrogen (secondary N) is 1. The van der Waals surface area contributed by atoms with E-state index < -0.39 is 19.9 Å². The van der Waals surface area contributed by atoms with Gasteiger partial charge in [-0.15, -0.1) is 0 Å². The third-order valence-corrected chi connectivity index (χ3v) is 7.47. The highest BCUT2D eigenvalue weighted by Crippen LogP contribution is 2.27. The predicted molar refractivity (Wildman–Crippen MR) is 93.8 cm³/mol. The number of rotatable bonds is 5. The van der Waals surface area contributed by atoms with E-state index in [1.165, 1.54) is 0 Å². The van der Waals surface area contributed by atoms with E-state index in [1.807, 2.05) is 30.3 Å². The van der Waals surface area contributed by atoms with E-state index in [2.05, 4.69) is 4.72 Å². The van der Waals surface area contributed by atoms with Gasteiger partial charge in [0.05, 0.1) is 16.4 Å². The highest BCUT2D eigenvalue weighted by molar-refractivity contribution is 7.91. The minimum Gasteiger partial charge on any atom is -0.229 e. The van der Waals surface area contributed by atoms with Gasteiger partial charge >= 0.3 is 0 Å². The van der Waals surface area contributed by atoms with Gasteiger partial charge < -0.3 is 0 Å². The summed E-state index contributed by atoms with van der Waals surface area (Å²) in [4.78, 5) is 0.206. The molecule has 0 amide bonds. The third-order valence-electron chi connectivity index (χ3n) is 4.15. The Labute approximate surface area is 142 Å². The van der Waals surface area contributed by atoms with Crippen molar-refractivity contribution < 1.29 is 16.8 Å². The molecule has 5 nitrogen and oxygen atoms in total. The van der Waals surface area contributed by atoms with Crippen LogP contribution in [0.3, 0.4) is 0 Å². The van der Waals surface area contributed by atoms with Crippen LogP contribution in [-0.2, 0) is 19.9 Å². The molecule has 1 aliphatic rings. The summed E-state index contributed by atoms with van der Waals surface area (Å²) in [5, 5.41) is 0. The standard InChI is InChI=1S/C17H19NO4S2/c19-23(20)11-10-14(13-23)12-18-24(21,22)17-9-5-4-8-16(17)15-6-2-1-3-7-15/h1-9,14,18H,10-13H2. The summed E-state index contributed by atoms with van der Waals surface area (Å²) in [5.41, 5.74) is 1.45. The quantitative estimate of drug-likeness (QED) is 0.880. The summed E-state index contributed by atoms with van der Waals surface area (Å²) in [6, 6.07) is 16.1. The van der Waals surface area contributed by atoms with Crippen LogP contribution < -0.4 is 4.72 Å². The van der Waals surface area contributed by atoms with Crippen LogP contribution in [0.15, 0.2) is 59.5 Å². The van der Waals surface area contributed by atoms with E-state index >= 15 is 0 Å². The molecule has 24 heavy (non-hydrogen) atoms. The molecule has 0 bridgehead atoms. The predicted octanol–water partition coefficient (Wildman–Crippen LogP) is 2.07. The maximum absolute atomic E-state index is 12.7. The summed E-state index contributed by atoms with van der Waals surface area (Å²) < 4.78 is 50.9. The highest BCUT2D eigenvalue weighted by atomic mass is 32.2. The fourth-order valence-electron chi connectivity index (χ4n) is 2.90. The molecule has 2 aromatic rings. The van der Waals surface area contributed by atoms with E-state index in [1.54, 1.807) is 24.3 Å². The number of sulfonamides is 1. The maximum Gasteiger partial charge on any atom is 0.241 e. The first-order chi connectivity index (χ1) is 11.4. The zero-order valence-electron chi connectivity index (χ0n) is 13.1. The Kier molecular flexibility index (Phi) is 4.76. The lowest BCUT2D eigenvalue weighted by Gasteiger charge is -2.13. The molecule has 1 N–H and O–H groups in total. The number of hydrogen-bond acceptors (Lipinski definition) is 4. The van der Waals surface area contributed by atoms with Crippen LogP contribution in [0.5, 0.6) is 0 Å². The molecule has 1 aliphatic heterocycles. The molecule has 1 unspecified atom stereocenters. The molecule has 128 valence electrons. The zero-order valence-corrected chi connectivity index (χ0v) is 14.7. The van der Waals surface area contributed by atoms with Crippen molar-refractivity contribution in [3.05, 3.63) is 54.6 Å². The van der Waals surface area contributed by atoms with Crippen molar-refractivity contribution in [2.24, 2.45) is 5.92 Å². The Balaban J connectivity index is 1.83. The number of sulfone groups is 1. The number of hydrogen-bond donors (Lipinski definition) is 1. The monoisotopic (exact) mass is 365 g/mol. The van der Waals surface area contributed by atoms with E-state index in [9.17, 15) is 16.8 Å². The zero-order chi connectivity index (χ0) is 17.2. The van der Waals surface area contributed by atoms with Gasteiger partial charge in [-0.05, 0) is 24.0 Å². The van der Waals surface area contributed by atoms with Crippen molar-refractivity contribution in [1.82, 2.24) is 4.72 Å². The van der Waals surface area contributed by atoms with E-state index in [-0.39, 0.29) is 28.9 Å². The van der Waals surface area contributed by atoms with Gasteiger partial charge in [0, 0.05) is 12.1 Å². The molecule has 1 saturated heterocycles. The van der Waals surface area contributed by atoms with Crippen LogP contribution in [0.4, 0.5) is 0 Å². The van der Waals surface area contributed by atoms with Gasteiger partial charge in [-0.2, -0.15) is 0 Å². The molecule has 0 spiro atoms. The Hall–Kier alpha value is -1.70. The van der Waals surface area contributed by atoms with Crippen LogP contribution in [0.25, 0.3) is 11.1 Å². The fraction of sp³-hybridized carbons (Fsp3) is 0.294. The van der Waals surface area contributed by atoms with Crippen molar-refractivity contribution in [1.29, 1.82) is 0 Å². The Morgan fingerprint density at radius 2 is 1.67 bits per heavy atom. The van der Waals surface area contributed by atoms with Gasteiger partial charge in [0.15, 0.2) is 9.84 Å². The highest BCUT2D eigenvalue weighted by Gasteiger charge is 2.29. The molecular formula is C17H19NO4S2. The van der Waals surface area contributed by atoms with Crippen molar-refractivity contribution in [2.45, 2.75) is 11.3 Å². The summed E-state index contributed by atoms with van der Waals surface area (Å²) in [5.74, 6) is 0.0317. The second kappa shape index (κ2) is 6.66. The summed E-state index contributed by atoms with van der Waals surface area (Å²) in [6.07, 6.45) is 0.505. The van der Waals surface area contributed by atoms with Crippen molar-refractivity contribution in [3.63, 3.8) is 0 Å². The molecule has 0 radical (unpaired) electrons. The fourth-order valence-corrected chi connectivity index (χ4v) is 6.10. The molecule has 1 heterocycles. The summed E-state index contributed by atoms with van der Waals surface area (Å²) >= 11 is 0. The number of benzene rings is 2. The minimum atomic E-state index is -3.71. The molecular weight excluding hydrogens is 346 g/mol. The smallest absolute Gasteiger partial charge is 0.229 e. The SMILES string of the molecule is O=S1(=O)CCC(CNS(=O)(=O)c2ccccc2-c2ccccc2)C1. The van der Waals surface area contributed by atoms with Crippen molar-refractivity contribution in [3.8, 4) is 11.1 Å². The first-order valence-corrected chi connectivity index (χ1v) is 11.0. The van der Waals surface area contributed by atoms with Crippen LogP contribution in [0.1, 0.15) is 6.42 Å². The van der Waals surface area contributed by atoms with Gasteiger partial charge in [0.2, 0.25) is 10.0 Å². The second-order valence-electron chi connectivity index (χ2n) is 5.98. The van der Waals surface area contributed by atoms with E-state index in [4.69, 9.17) is 0 Å². The van der Waals surface area contributed by atoms with E-state index in [0.29, 0.717) is 12.0 Å². The molecule has 1 fully saturated rings. The van der Waals surface area contributed by atoms with Crippen LogP contribution in [0, 0.1) is 5.92 Å². The second-order valence-corrected chi connectivity index (χ2v) is 9.95. The van der Waals surface area contributed by atoms with Crippen molar-refractivity contribution >= 4 is 19.9 Å². The van der Waals surface area contributed by atoms with Crippen LogP contribution in [0.2, 0.25) is 0 Å². The maximum atomic E-state index is 12.7. The molecule has 2 aromatic carbocycles. The van der Waals surface area contributed by atoms with Gasteiger partial charge in [-0.25, -0.2) is 21.6 Å². The molecule has 1 atom stereocenters. The minimum absolute atomic E-state index is 0.0514. The lowest BCUT2D eigenvalue weighted by atomic mass is 10.1. The van der Waals surface area contributed by atoms with Gasteiger partial charge in [0.25, 0.3) is 0 Å². The average Bonchev–Trinajstić information content (AvgIpc) is 2.93. The lowest BCUT2D eigenvalue weighted by Crippen LogP contribution is -2.30. The van der Waals surface area contributed by atoms with Gasteiger partial charge in [-0.1, -0.05) is 48.5 Å². The molecule has 0 saturated carbocycles. The lowest BCUT2D eigenvalue weighted by molar-refractivity contribution is 0.543. The molecule has 0 aromatic heterocycles. The third kappa shape index (κ3) is 3.85. The Bertz CT molecular complexity index is 922. The normalized spacial score (nSPS) is 20.1. The molecule has 0 aliphatic carbocycles.